The summed E-state index contributed by atoms with van der Waals surface area (Å²) in [5.41, 5.74) is -1.93. The molecule has 0 aliphatic heterocycles. The Kier molecular flexibility index (Phi) is 3.26. The summed E-state index contributed by atoms with van der Waals surface area (Å²) in [7, 11) is 0. The molecular weight excluding hydrogens is 232 g/mol. The van der Waals surface area contributed by atoms with Crippen LogP contribution in [-0.2, 0) is 16.0 Å². The highest BCUT2D eigenvalue weighted by Crippen LogP contribution is 2.39. The minimum Gasteiger partial charge on any atom is -0.427 e. The van der Waals surface area contributed by atoms with Crippen LogP contribution in [0.5, 0.6) is 0 Å². The summed E-state index contributed by atoms with van der Waals surface area (Å²) in [5, 5.41) is 8.74. The lowest BCUT2D eigenvalue weighted by atomic mass is 10.1. The number of ether oxygens (including phenoxy) is 1. The van der Waals surface area contributed by atoms with Crippen molar-refractivity contribution >= 4 is 17.4 Å². The number of carbonyl (C=O) groups is 1. The van der Waals surface area contributed by atoms with Crippen LogP contribution in [0, 0.1) is 11.3 Å². The smallest absolute Gasteiger partial charge is 0.425 e. The molecule has 0 saturated heterocycles. The van der Waals surface area contributed by atoms with Crippen LogP contribution < -0.4 is 0 Å². The Morgan fingerprint density at radius 2 is 2.06 bits per heavy atom. The van der Waals surface area contributed by atoms with Gasteiger partial charge in [-0.25, -0.2) is 9.00 Å². The number of rotatable bonds is 2. The van der Waals surface area contributed by atoms with Crippen molar-refractivity contribution in [2.45, 2.75) is 44.8 Å². The maximum atomic E-state index is 11.6. The highest BCUT2D eigenvalue weighted by Gasteiger charge is 2.50. The van der Waals surface area contributed by atoms with E-state index in [-0.39, 0.29) is 0 Å². The Labute approximate surface area is 96.6 Å². The van der Waals surface area contributed by atoms with Crippen LogP contribution in [0.4, 0.5) is 4.79 Å². The molecule has 0 aromatic carbocycles. The third kappa shape index (κ3) is 2.71. The SMILES string of the molecule is CC(C)(C)N(C(=O)OC1(C#N)CC1)S(=O)O. The molecule has 90 valence electrons. The Morgan fingerprint density at radius 3 is 2.31 bits per heavy atom. The standard InChI is InChI=1S/C9H14N2O4S/c1-8(2,3)11(16(13)14)7(12)15-9(6-10)4-5-9/h4-5H2,1-3H3,(H,13,14). The molecule has 1 amide bonds. The lowest BCUT2D eigenvalue weighted by molar-refractivity contribution is 0.0758. The van der Waals surface area contributed by atoms with Gasteiger partial charge in [-0.1, -0.05) is 0 Å². The van der Waals surface area contributed by atoms with E-state index in [2.05, 4.69) is 0 Å². The van der Waals surface area contributed by atoms with Gasteiger partial charge in [0.05, 0.1) is 5.54 Å². The van der Waals surface area contributed by atoms with Gasteiger partial charge in [0.1, 0.15) is 6.07 Å². The molecule has 1 saturated carbocycles. The van der Waals surface area contributed by atoms with Gasteiger partial charge >= 0.3 is 6.09 Å². The third-order valence-corrected chi connectivity index (χ3v) is 3.13. The fraction of sp³-hybridized carbons (Fsp3) is 0.778. The zero-order chi connectivity index (χ0) is 12.6. The fourth-order valence-electron chi connectivity index (χ4n) is 1.13. The van der Waals surface area contributed by atoms with Crippen LogP contribution in [0.2, 0.25) is 0 Å². The van der Waals surface area contributed by atoms with E-state index >= 15 is 0 Å². The molecule has 0 aromatic heterocycles. The molecular formula is C9H14N2O4S. The average Bonchev–Trinajstić information content (AvgIpc) is 2.81. The molecule has 1 aliphatic carbocycles. The van der Waals surface area contributed by atoms with Gasteiger partial charge in [-0.2, -0.15) is 9.57 Å². The molecule has 1 aliphatic rings. The quantitative estimate of drug-likeness (QED) is 0.744. The molecule has 1 N–H and O–H groups in total. The highest BCUT2D eigenvalue weighted by molar-refractivity contribution is 7.77. The molecule has 1 unspecified atom stereocenters. The molecule has 1 fully saturated rings. The van der Waals surface area contributed by atoms with Gasteiger partial charge < -0.3 is 4.74 Å². The van der Waals surface area contributed by atoms with Crippen LogP contribution in [0.1, 0.15) is 33.6 Å². The molecule has 0 heterocycles. The summed E-state index contributed by atoms with van der Waals surface area (Å²) in [6.45, 7) is 4.82. The Morgan fingerprint density at radius 1 is 1.56 bits per heavy atom. The first-order valence-corrected chi connectivity index (χ1v) is 5.84. The molecule has 6 nitrogen and oxygen atoms in total. The second kappa shape index (κ2) is 4.03. The first-order chi connectivity index (χ1) is 7.22. The monoisotopic (exact) mass is 246 g/mol. The maximum Gasteiger partial charge on any atom is 0.425 e. The van der Waals surface area contributed by atoms with Crippen molar-refractivity contribution in [1.82, 2.24) is 4.31 Å². The summed E-state index contributed by atoms with van der Waals surface area (Å²) in [6, 6.07) is 1.88. The van der Waals surface area contributed by atoms with Crippen molar-refractivity contribution in [3.05, 3.63) is 0 Å². The minimum atomic E-state index is -2.46. The number of hydrogen-bond acceptors (Lipinski definition) is 4. The van der Waals surface area contributed by atoms with Gasteiger partial charge in [-0.05, 0) is 20.8 Å². The van der Waals surface area contributed by atoms with E-state index in [9.17, 15) is 9.00 Å². The largest absolute Gasteiger partial charge is 0.427 e. The van der Waals surface area contributed by atoms with Crippen molar-refractivity contribution in [3.63, 3.8) is 0 Å². The zero-order valence-electron chi connectivity index (χ0n) is 9.39. The first-order valence-electron chi connectivity index (χ1n) is 4.77. The molecule has 7 heteroatoms. The molecule has 0 bridgehead atoms. The average molecular weight is 246 g/mol. The van der Waals surface area contributed by atoms with Crippen LogP contribution in [0.15, 0.2) is 0 Å². The van der Waals surface area contributed by atoms with Gasteiger partial charge in [0, 0.05) is 12.8 Å². The molecule has 0 aromatic rings. The fourth-order valence-corrected chi connectivity index (χ4v) is 1.76. The number of nitriles is 1. The van der Waals surface area contributed by atoms with Gasteiger partial charge in [0.25, 0.3) is 11.3 Å². The van der Waals surface area contributed by atoms with Gasteiger partial charge in [0.15, 0.2) is 5.60 Å². The van der Waals surface area contributed by atoms with E-state index in [0.29, 0.717) is 17.1 Å². The summed E-state index contributed by atoms with van der Waals surface area (Å²) < 4.78 is 25.7. The van der Waals surface area contributed by atoms with Crippen molar-refractivity contribution in [2.75, 3.05) is 0 Å². The van der Waals surface area contributed by atoms with Crippen LogP contribution >= 0.6 is 0 Å². The number of carbonyl (C=O) groups excluding carboxylic acids is 1. The predicted molar refractivity (Wildman–Crippen MR) is 56.4 cm³/mol. The van der Waals surface area contributed by atoms with Crippen molar-refractivity contribution in [3.8, 4) is 6.07 Å². The topological polar surface area (TPSA) is 90.6 Å². The van der Waals surface area contributed by atoms with Crippen LogP contribution in [0.3, 0.4) is 0 Å². The Hall–Kier alpha value is -1.13. The van der Waals surface area contributed by atoms with E-state index in [4.69, 9.17) is 14.6 Å². The Balaban J connectivity index is 2.78. The summed E-state index contributed by atoms with van der Waals surface area (Å²) >= 11 is -2.46. The summed E-state index contributed by atoms with van der Waals surface area (Å²) in [5.74, 6) is 0. The predicted octanol–water partition coefficient (Wildman–Crippen LogP) is 1.42. The van der Waals surface area contributed by atoms with Crippen LogP contribution in [0.25, 0.3) is 0 Å². The van der Waals surface area contributed by atoms with Crippen LogP contribution in [-0.4, -0.2) is 30.3 Å². The van der Waals surface area contributed by atoms with E-state index in [1.807, 2.05) is 6.07 Å². The number of amides is 1. The van der Waals surface area contributed by atoms with E-state index in [1.165, 1.54) is 0 Å². The van der Waals surface area contributed by atoms with Gasteiger partial charge in [-0.15, -0.1) is 0 Å². The molecule has 0 radical (unpaired) electrons. The van der Waals surface area contributed by atoms with Crippen molar-refractivity contribution in [2.24, 2.45) is 0 Å². The molecule has 0 spiro atoms. The van der Waals surface area contributed by atoms with Gasteiger partial charge in [0.2, 0.25) is 0 Å². The normalized spacial score (nSPS) is 19.4. The third-order valence-electron chi connectivity index (χ3n) is 2.12. The minimum absolute atomic E-state index is 0.477. The zero-order valence-corrected chi connectivity index (χ0v) is 10.2. The lowest BCUT2D eigenvalue weighted by Crippen LogP contribution is -2.47. The van der Waals surface area contributed by atoms with E-state index < -0.39 is 28.5 Å². The molecule has 1 rings (SSSR count). The highest BCUT2D eigenvalue weighted by atomic mass is 32.2. The number of nitrogens with zero attached hydrogens (tertiary/aromatic N) is 2. The molecule has 1 atom stereocenters. The van der Waals surface area contributed by atoms with Crippen molar-refractivity contribution in [1.29, 1.82) is 5.26 Å². The van der Waals surface area contributed by atoms with Crippen molar-refractivity contribution < 1.29 is 18.3 Å². The first kappa shape index (κ1) is 12.9. The summed E-state index contributed by atoms with van der Waals surface area (Å²) in [4.78, 5) is 11.6. The van der Waals surface area contributed by atoms with E-state index in [1.54, 1.807) is 20.8 Å². The van der Waals surface area contributed by atoms with Gasteiger partial charge in [-0.3, -0.25) is 4.55 Å². The molecule has 16 heavy (non-hydrogen) atoms. The lowest BCUT2D eigenvalue weighted by Gasteiger charge is -2.31. The maximum absolute atomic E-state index is 11.6. The Bertz CT molecular complexity index is 365. The number of hydrogen-bond donors (Lipinski definition) is 1. The van der Waals surface area contributed by atoms with E-state index in [0.717, 1.165) is 0 Å². The second-order valence-corrected chi connectivity index (χ2v) is 5.50. The second-order valence-electron chi connectivity index (χ2n) is 4.67. The summed E-state index contributed by atoms with van der Waals surface area (Å²) in [6.07, 6.45) is 0.0173.